The first-order chi connectivity index (χ1) is 11.1. The van der Waals surface area contributed by atoms with Crippen LogP contribution < -0.4 is 5.32 Å². The third-order valence-corrected chi connectivity index (χ3v) is 3.10. The van der Waals surface area contributed by atoms with Gasteiger partial charge in [0.2, 0.25) is 5.91 Å². The number of benzene rings is 2. The number of rotatable bonds is 6. The van der Waals surface area contributed by atoms with Gasteiger partial charge in [-0.1, -0.05) is 60.7 Å². The molecule has 118 valence electrons. The lowest BCUT2D eigenvalue weighted by molar-refractivity contribution is -0.148. The lowest BCUT2D eigenvalue weighted by Gasteiger charge is -2.17. The van der Waals surface area contributed by atoms with Gasteiger partial charge in [-0.15, -0.1) is 0 Å². The molecule has 1 amide bonds. The SMILES string of the molecule is CC(=O)O[C@@H](Cc1ccccc1)NC(=O)/C=C/c1ccccc1. The predicted molar refractivity (Wildman–Crippen MR) is 89.3 cm³/mol. The van der Waals surface area contributed by atoms with Crippen LogP contribution in [0.5, 0.6) is 0 Å². The molecule has 0 unspecified atom stereocenters. The first-order valence-electron chi connectivity index (χ1n) is 7.38. The van der Waals surface area contributed by atoms with Gasteiger partial charge in [-0.2, -0.15) is 0 Å². The van der Waals surface area contributed by atoms with Crippen LogP contribution in [-0.4, -0.2) is 18.1 Å². The minimum atomic E-state index is -0.692. The molecule has 0 heterocycles. The standard InChI is InChI=1S/C19H19NO3/c1-15(21)23-19(14-17-10-6-3-7-11-17)20-18(22)13-12-16-8-4-2-5-9-16/h2-13,19H,14H2,1H3,(H,20,22)/b13-12+/t19-/m0/s1. The molecule has 1 atom stereocenters. The maximum atomic E-state index is 12.0. The van der Waals surface area contributed by atoms with Crippen LogP contribution in [0.15, 0.2) is 66.7 Å². The van der Waals surface area contributed by atoms with Gasteiger partial charge in [0.15, 0.2) is 6.23 Å². The predicted octanol–water partition coefficient (Wildman–Crippen LogP) is 2.95. The highest BCUT2D eigenvalue weighted by Crippen LogP contribution is 2.05. The number of hydrogen-bond acceptors (Lipinski definition) is 3. The third-order valence-electron chi connectivity index (χ3n) is 3.10. The van der Waals surface area contributed by atoms with Gasteiger partial charge in [0.1, 0.15) is 0 Å². The van der Waals surface area contributed by atoms with E-state index < -0.39 is 12.2 Å². The third kappa shape index (κ3) is 6.18. The quantitative estimate of drug-likeness (QED) is 0.507. The summed E-state index contributed by atoms with van der Waals surface area (Å²) >= 11 is 0. The van der Waals surface area contributed by atoms with Crippen LogP contribution >= 0.6 is 0 Å². The largest absolute Gasteiger partial charge is 0.442 e. The van der Waals surface area contributed by atoms with Crippen LogP contribution in [0.3, 0.4) is 0 Å². The summed E-state index contributed by atoms with van der Waals surface area (Å²) in [7, 11) is 0. The molecule has 0 radical (unpaired) electrons. The van der Waals surface area contributed by atoms with Crippen LogP contribution in [0.1, 0.15) is 18.1 Å². The Balaban J connectivity index is 1.98. The number of carbonyl (C=O) groups is 2. The smallest absolute Gasteiger partial charge is 0.304 e. The maximum absolute atomic E-state index is 12.0. The summed E-state index contributed by atoms with van der Waals surface area (Å²) < 4.78 is 5.17. The van der Waals surface area contributed by atoms with E-state index in [0.717, 1.165) is 11.1 Å². The Bertz CT molecular complexity index is 666. The van der Waals surface area contributed by atoms with Crippen LogP contribution in [0.25, 0.3) is 6.08 Å². The van der Waals surface area contributed by atoms with Crippen molar-refractivity contribution < 1.29 is 14.3 Å². The van der Waals surface area contributed by atoms with Crippen molar-refractivity contribution >= 4 is 18.0 Å². The Labute approximate surface area is 135 Å². The van der Waals surface area contributed by atoms with E-state index in [1.165, 1.54) is 13.0 Å². The molecule has 23 heavy (non-hydrogen) atoms. The average molecular weight is 309 g/mol. The molecule has 0 aliphatic heterocycles. The molecular weight excluding hydrogens is 290 g/mol. The Hall–Kier alpha value is -2.88. The van der Waals surface area contributed by atoms with Crippen molar-refractivity contribution in [3.63, 3.8) is 0 Å². The summed E-state index contributed by atoms with van der Waals surface area (Å²) in [5.74, 6) is -0.741. The number of esters is 1. The van der Waals surface area contributed by atoms with Crippen LogP contribution in [0.2, 0.25) is 0 Å². The summed E-state index contributed by atoms with van der Waals surface area (Å²) in [5, 5.41) is 2.70. The highest BCUT2D eigenvalue weighted by molar-refractivity contribution is 5.91. The van der Waals surface area contributed by atoms with Gasteiger partial charge in [0.25, 0.3) is 0 Å². The Morgan fingerprint density at radius 2 is 1.65 bits per heavy atom. The molecule has 0 aromatic heterocycles. The molecule has 0 bridgehead atoms. The van der Waals surface area contributed by atoms with Gasteiger partial charge in [0.05, 0.1) is 0 Å². The Kier molecular flexibility index (Phi) is 6.12. The van der Waals surface area contributed by atoms with E-state index in [1.54, 1.807) is 6.08 Å². The van der Waals surface area contributed by atoms with E-state index >= 15 is 0 Å². The molecule has 0 aliphatic carbocycles. The monoisotopic (exact) mass is 309 g/mol. The second-order valence-electron chi connectivity index (χ2n) is 5.04. The topological polar surface area (TPSA) is 55.4 Å². The van der Waals surface area contributed by atoms with Crippen molar-refractivity contribution in [3.8, 4) is 0 Å². The lowest BCUT2D eigenvalue weighted by Crippen LogP contribution is -2.38. The first-order valence-corrected chi connectivity index (χ1v) is 7.38. The minimum Gasteiger partial charge on any atom is -0.442 e. The van der Waals surface area contributed by atoms with Gasteiger partial charge in [0, 0.05) is 19.4 Å². The molecular formula is C19H19NO3. The second kappa shape index (κ2) is 8.54. The highest BCUT2D eigenvalue weighted by Gasteiger charge is 2.14. The molecule has 0 saturated heterocycles. The number of hydrogen-bond donors (Lipinski definition) is 1. The van der Waals surface area contributed by atoms with Crippen molar-refractivity contribution in [2.75, 3.05) is 0 Å². The minimum absolute atomic E-state index is 0.309. The maximum Gasteiger partial charge on any atom is 0.304 e. The number of nitrogens with one attached hydrogen (secondary N) is 1. The van der Waals surface area contributed by atoms with Crippen molar-refractivity contribution in [1.82, 2.24) is 5.32 Å². The Morgan fingerprint density at radius 1 is 1.04 bits per heavy atom. The van der Waals surface area contributed by atoms with Crippen LogP contribution in [0, 0.1) is 0 Å². The van der Waals surface area contributed by atoms with Crippen molar-refractivity contribution in [1.29, 1.82) is 0 Å². The molecule has 0 fully saturated rings. The van der Waals surface area contributed by atoms with Crippen molar-refractivity contribution in [2.24, 2.45) is 0 Å². The second-order valence-corrected chi connectivity index (χ2v) is 5.04. The van der Waals surface area contributed by atoms with Crippen molar-refractivity contribution in [2.45, 2.75) is 19.6 Å². The van der Waals surface area contributed by atoms with Gasteiger partial charge in [-0.05, 0) is 17.2 Å². The van der Waals surface area contributed by atoms with E-state index in [4.69, 9.17) is 4.74 Å². The fourth-order valence-corrected chi connectivity index (χ4v) is 2.09. The van der Waals surface area contributed by atoms with Crippen LogP contribution in [-0.2, 0) is 20.7 Å². The number of carbonyl (C=O) groups excluding carboxylic acids is 2. The molecule has 1 N–H and O–H groups in total. The zero-order valence-electron chi connectivity index (χ0n) is 12.9. The lowest BCUT2D eigenvalue weighted by atomic mass is 10.1. The summed E-state index contributed by atoms with van der Waals surface area (Å²) in [6.45, 7) is 1.32. The van der Waals surface area contributed by atoms with E-state index in [-0.39, 0.29) is 5.91 Å². The number of ether oxygens (including phenoxy) is 1. The molecule has 2 aromatic rings. The number of amides is 1. The zero-order chi connectivity index (χ0) is 16.5. The van der Waals surface area contributed by atoms with E-state index in [2.05, 4.69) is 5.32 Å². The normalized spacial score (nSPS) is 11.9. The molecule has 4 nitrogen and oxygen atoms in total. The molecule has 0 aliphatic rings. The Morgan fingerprint density at radius 3 is 2.26 bits per heavy atom. The van der Waals surface area contributed by atoms with Crippen LogP contribution in [0.4, 0.5) is 0 Å². The fourth-order valence-electron chi connectivity index (χ4n) is 2.09. The summed E-state index contributed by atoms with van der Waals surface area (Å²) in [4.78, 5) is 23.2. The zero-order valence-corrected chi connectivity index (χ0v) is 12.9. The molecule has 2 rings (SSSR count). The average Bonchev–Trinajstić information content (AvgIpc) is 2.54. The molecule has 4 heteroatoms. The van der Waals surface area contributed by atoms with Gasteiger partial charge in [-0.25, -0.2) is 0 Å². The van der Waals surface area contributed by atoms with E-state index in [9.17, 15) is 9.59 Å². The summed E-state index contributed by atoms with van der Waals surface area (Å²) in [6.07, 6.45) is 2.87. The van der Waals surface area contributed by atoms with E-state index in [0.29, 0.717) is 6.42 Å². The van der Waals surface area contributed by atoms with E-state index in [1.807, 2.05) is 60.7 Å². The fraction of sp³-hybridized carbons (Fsp3) is 0.158. The molecule has 0 spiro atoms. The van der Waals surface area contributed by atoms with Gasteiger partial charge < -0.3 is 10.1 Å². The molecule has 2 aromatic carbocycles. The summed E-state index contributed by atoms with van der Waals surface area (Å²) in [6, 6.07) is 19.1. The van der Waals surface area contributed by atoms with Crippen molar-refractivity contribution in [3.05, 3.63) is 77.9 Å². The molecule has 0 saturated carbocycles. The highest BCUT2D eigenvalue weighted by atomic mass is 16.6. The summed E-state index contributed by atoms with van der Waals surface area (Å²) in [5.41, 5.74) is 1.90. The first kappa shape index (κ1) is 16.5. The van der Waals surface area contributed by atoms with Gasteiger partial charge in [-0.3, -0.25) is 9.59 Å². The van der Waals surface area contributed by atoms with Gasteiger partial charge >= 0.3 is 5.97 Å².